The van der Waals surface area contributed by atoms with E-state index in [4.69, 9.17) is 9.47 Å². The van der Waals surface area contributed by atoms with Gasteiger partial charge in [0.2, 0.25) is 11.8 Å². The molecule has 2 aromatic heterocycles. The van der Waals surface area contributed by atoms with Crippen molar-refractivity contribution in [1.29, 1.82) is 0 Å². The number of hydrogen-bond donors (Lipinski definition) is 3. The maximum atomic E-state index is 12.4. The molecule has 1 aromatic carbocycles. The largest absolute Gasteiger partial charge is 0.497 e. The summed E-state index contributed by atoms with van der Waals surface area (Å²) in [6, 6.07) is 10.2. The number of aromatic amines is 1. The van der Waals surface area contributed by atoms with Crippen LogP contribution < -0.4 is 25.7 Å². The molecular formula is C21H22N4O5S2. The van der Waals surface area contributed by atoms with Crippen molar-refractivity contribution in [2.75, 3.05) is 25.3 Å². The third-order valence-electron chi connectivity index (χ3n) is 4.18. The van der Waals surface area contributed by atoms with E-state index in [-0.39, 0.29) is 34.7 Å². The lowest BCUT2D eigenvalue weighted by atomic mass is 10.2. The monoisotopic (exact) mass is 474 g/mol. The predicted octanol–water partition coefficient (Wildman–Crippen LogP) is 2.44. The first-order valence-electron chi connectivity index (χ1n) is 9.51. The number of hydrogen-bond acceptors (Lipinski definition) is 8. The Morgan fingerprint density at radius 1 is 1.16 bits per heavy atom. The van der Waals surface area contributed by atoms with Crippen LogP contribution >= 0.6 is 23.1 Å². The SMILES string of the molecule is COc1ccc(NC(=O)CSc2nc(CC(=O)NCc3cccs3)cc(=O)[nH]2)c(OC)c1. The van der Waals surface area contributed by atoms with Crippen LogP contribution in [0.5, 0.6) is 11.5 Å². The average molecular weight is 475 g/mol. The zero-order chi connectivity index (χ0) is 22.9. The van der Waals surface area contributed by atoms with Crippen LogP contribution in [0.15, 0.2) is 51.7 Å². The molecule has 3 rings (SSSR count). The predicted molar refractivity (Wildman–Crippen MR) is 124 cm³/mol. The number of carbonyl (C=O) groups excluding carboxylic acids is 2. The summed E-state index contributed by atoms with van der Waals surface area (Å²) >= 11 is 2.61. The highest BCUT2D eigenvalue weighted by Gasteiger charge is 2.12. The summed E-state index contributed by atoms with van der Waals surface area (Å²) in [6.45, 7) is 0.427. The Morgan fingerprint density at radius 3 is 2.72 bits per heavy atom. The first-order chi connectivity index (χ1) is 15.5. The molecule has 0 saturated carbocycles. The normalized spacial score (nSPS) is 10.4. The molecule has 168 valence electrons. The van der Waals surface area contributed by atoms with E-state index in [0.717, 1.165) is 16.6 Å². The Balaban J connectivity index is 1.56. The van der Waals surface area contributed by atoms with Crippen LogP contribution in [-0.4, -0.2) is 41.8 Å². The number of nitrogens with one attached hydrogen (secondary N) is 3. The van der Waals surface area contributed by atoms with Gasteiger partial charge in [-0.3, -0.25) is 14.4 Å². The quantitative estimate of drug-likeness (QED) is 0.305. The highest BCUT2D eigenvalue weighted by Crippen LogP contribution is 2.29. The molecule has 3 N–H and O–H groups in total. The number of thioether (sulfide) groups is 1. The van der Waals surface area contributed by atoms with E-state index in [1.54, 1.807) is 36.6 Å². The van der Waals surface area contributed by atoms with Crippen LogP contribution in [0.25, 0.3) is 0 Å². The molecule has 0 atom stereocenters. The number of amides is 2. The van der Waals surface area contributed by atoms with Crippen molar-refractivity contribution in [2.24, 2.45) is 0 Å². The van der Waals surface area contributed by atoms with Crippen LogP contribution in [0, 0.1) is 0 Å². The molecular weight excluding hydrogens is 452 g/mol. The van der Waals surface area contributed by atoms with E-state index in [9.17, 15) is 14.4 Å². The fraction of sp³-hybridized carbons (Fsp3) is 0.238. The van der Waals surface area contributed by atoms with Crippen LogP contribution in [-0.2, 0) is 22.6 Å². The molecule has 0 radical (unpaired) electrons. The van der Waals surface area contributed by atoms with E-state index in [1.165, 1.54) is 13.2 Å². The summed E-state index contributed by atoms with van der Waals surface area (Å²) in [7, 11) is 3.04. The zero-order valence-electron chi connectivity index (χ0n) is 17.5. The van der Waals surface area contributed by atoms with Crippen molar-refractivity contribution in [3.8, 4) is 11.5 Å². The average Bonchev–Trinajstić information content (AvgIpc) is 3.30. The van der Waals surface area contributed by atoms with Crippen LogP contribution in [0.1, 0.15) is 10.6 Å². The van der Waals surface area contributed by atoms with Crippen molar-refractivity contribution in [3.05, 3.63) is 62.7 Å². The molecule has 9 nitrogen and oxygen atoms in total. The zero-order valence-corrected chi connectivity index (χ0v) is 19.1. The third kappa shape index (κ3) is 6.86. The van der Waals surface area contributed by atoms with Gasteiger partial charge in [0, 0.05) is 17.0 Å². The molecule has 2 heterocycles. The highest BCUT2D eigenvalue weighted by molar-refractivity contribution is 7.99. The standard InChI is InChI=1S/C21H22N4O5S2/c1-29-14-5-6-16(17(10-14)30-2)24-20(28)12-32-21-23-13(9-19(27)25-21)8-18(26)22-11-15-4-3-7-31-15/h3-7,9-10H,8,11-12H2,1-2H3,(H,22,26)(H,24,28)(H,23,25,27). The second-order valence-corrected chi connectivity index (χ2v) is 8.47. The first kappa shape index (κ1) is 23.4. The van der Waals surface area contributed by atoms with Gasteiger partial charge in [-0.1, -0.05) is 17.8 Å². The number of nitrogens with zero attached hydrogens (tertiary/aromatic N) is 1. The lowest BCUT2D eigenvalue weighted by Gasteiger charge is -2.11. The number of rotatable bonds is 10. The smallest absolute Gasteiger partial charge is 0.251 e. The molecule has 0 fully saturated rings. The van der Waals surface area contributed by atoms with Gasteiger partial charge in [0.05, 0.1) is 44.3 Å². The highest BCUT2D eigenvalue weighted by atomic mass is 32.2. The van der Waals surface area contributed by atoms with Gasteiger partial charge in [0.1, 0.15) is 11.5 Å². The Kier molecular flexibility index (Phi) is 8.28. The third-order valence-corrected chi connectivity index (χ3v) is 5.93. The molecule has 0 spiro atoms. The molecule has 0 aliphatic heterocycles. The fourth-order valence-corrected chi connectivity index (χ4v) is 4.03. The van der Waals surface area contributed by atoms with Crippen molar-refractivity contribution < 1.29 is 19.1 Å². The number of carbonyl (C=O) groups is 2. The summed E-state index contributed by atoms with van der Waals surface area (Å²) in [6.07, 6.45) is -0.0297. The number of benzene rings is 1. The number of aromatic nitrogens is 2. The minimum absolute atomic E-state index is 0.00610. The second-order valence-electron chi connectivity index (χ2n) is 6.48. The molecule has 0 aliphatic carbocycles. The Hall–Kier alpha value is -3.31. The number of methoxy groups -OCH3 is 2. The van der Waals surface area contributed by atoms with Crippen molar-refractivity contribution in [1.82, 2.24) is 15.3 Å². The first-order valence-corrected chi connectivity index (χ1v) is 11.4. The number of ether oxygens (including phenoxy) is 2. The Morgan fingerprint density at radius 2 is 2.00 bits per heavy atom. The number of anilines is 1. The van der Waals surface area contributed by atoms with Crippen molar-refractivity contribution in [3.63, 3.8) is 0 Å². The molecule has 2 amide bonds. The number of thiophene rings is 1. The van der Waals surface area contributed by atoms with Crippen molar-refractivity contribution >= 4 is 40.6 Å². The van der Waals surface area contributed by atoms with Gasteiger partial charge in [-0.2, -0.15) is 0 Å². The van der Waals surface area contributed by atoms with Gasteiger partial charge < -0.3 is 25.1 Å². The van der Waals surface area contributed by atoms with Gasteiger partial charge in [0.15, 0.2) is 5.16 Å². The lowest BCUT2D eigenvalue weighted by Crippen LogP contribution is -2.25. The summed E-state index contributed by atoms with van der Waals surface area (Å²) in [5.74, 6) is 0.528. The Bertz CT molecular complexity index is 1130. The minimum atomic E-state index is -0.388. The van der Waals surface area contributed by atoms with Gasteiger partial charge in [0.25, 0.3) is 5.56 Å². The second kappa shape index (κ2) is 11.3. The van der Waals surface area contributed by atoms with Crippen LogP contribution in [0.3, 0.4) is 0 Å². The van der Waals surface area contributed by atoms with Crippen LogP contribution in [0.4, 0.5) is 5.69 Å². The topological polar surface area (TPSA) is 122 Å². The molecule has 0 bridgehead atoms. The molecule has 11 heteroatoms. The fourth-order valence-electron chi connectivity index (χ4n) is 2.69. The summed E-state index contributed by atoms with van der Waals surface area (Å²) in [4.78, 5) is 44.4. The van der Waals surface area contributed by atoms with Gasteiger partial charge in [-0.25, -0.2) is 4.98 Å². The summed E-state index contributed by atoms with van der Waals surface area (Å²) < 4.78 is 10.4. The van der Waals surface area contributed by atoms with E-state index in [1.807, 2.05) is 17.5 Å². The van der Waals surface area contributed by atoms with E-state index in [0.29, 0.717) is 29.4 Å². The van der Waals surface area contributed by atoms with Gasteiger partial charge in [-0.15, -0.1) is 11.3 Å². The molecule has 3 aromatic rings. The van der Waals surface area contributed by atoms with Crippen molar-refractivity contribution in [2.45, 2.75) is 18.1 Å². The lowest BCUT2D eigenvalue weighted by molar-refractivity contribution is -0.120. The molecule has 32 heavy (non-hydrogen) atoms. The van der Waals surface area contributed by atoms with E-state index in [2.05, 4.69) is 20.6 Å². The van der Waals surface area contributed by atoms with E-state index < -0.39 is 0 Å². The Labute approximate surface area is 192 Å². The summed E-state index contributed by atoms with van der Waals surface area (Å²) in [5, 5.41) is 7.74. The molecule has 0 aliphatic rings. The molecule has 0 unspecified atom stereocenters. The van der Waals surface area contributed by atoms with Gasteiger partial charge >= 0.3 is 0 Å². The number of H-pyrrole nitrogens is 1. The summed E-state index contributed by atoms with van der Waals surface area (Å²) in [5.41, 5.74) is 0.439. The van der Waals surface area contributed by atoms with E-state index >= 15 is 0 Å². The maximum absolute atomic E-state index is 12.4. The minimum Gasteiger partial charge on any atom is -0.497 e. The maximum Gasteiger partial charge on any atom is 0.251 e. The molecule has 0 saturated heterocycles. The van der Waals surface area contributed by atoms with Crippen LogP contribution in [0.2, 0.25) is 0 Å². The van der Waals surface area contributed by atoms with Gasteiger partial charge in [-0.05, 0) is 23.6 Å².